The van der Waals surface area contributed by atoms with Crippen molar-refractivity contribution >= 4 is 39.4 Å². The number of nitrogens with one attached hydrogen (secondary N) is 1. The minimum Gasteiger partial charge on any atom is -0.312 e. The van der Waals surface area contributed by atoms with Gasteiger partial charge in [0, 0.05) is 35.5 Å². The Morgan fingerprint density at radius 2 is 1.91 bits per heavy atom. The van der Waals surface area contributed by atoms with Gasteiger partial charge in [0.05, 0.1) is 5.92 Å². The number of hydrogen-bond donors (Lipinski definition) is 1. The van der Waals surface area contributed by atoms with Gasteiger partial charge in [-0.1, -0.05) is 15.9 Å². The Bertz CT molecular complexity index is 690. The summed E-state index contributed by atoms with van der Waals surface area (Å²) in [7, 11) is 0. The molecule has 0 radical (unpaired) electrons. The predicted molar refractivity (Wildman–Crippen MR) is 85.3 cm³/mol. The molecule has 22 heavy (non-hydrogen) atoms. The van der Waals surface area contributed by atoms with Crippen LogP contribution in [0.4, 0.5) is 11.6 Å². The van der Waals surface area contributed by atoms with Crippen LogP contribution >= 0.6 is 15.9 Å². The van der Waals surface area contributed by atoms with E-state index >= 15 is 0 Å². The molecule has 1 fully saturated rings. The molecule has 1 aromatic heterocycles. The van der Waals surface area contributed by atoms with Crippen molar-refractivity contribution in [1.29, 1.82) is 0 Å². The van der Waals surface area contributed by atoms with E-state index in [1.807, 2.05) is 24.3 Å². The van der Waals surface area contributed by atoms with E-state index in [-0.39, 0.29) is 24.2 Å². The smallest absolute Gasteiger partial charge is 0.232 e. The predicted octanol–water partition coefficient (Wildman–Crippen LogP) is 2.23. The Balaban J connectivity index is 1.69. The summed E-state index contributed by atoms with van der Waals surface area (Å²) in [5.74, 6) is -0.447. The summed E-state index contributed by atoms with van der Waals surface area (Å²) in [4.78, 5) is 33.9. The zero-order chi connectivity index (χ0) is 15.5. The summed E-state index contributed by atoms with van der Waals surface area (Å²) < 4.78 is 0.943. The van der Waals surface area contributed by atoms with E-state index in [0.717, 1.165) is 10.2 Å². The molecule has 1 aromatic carbocycles. The third-order valence-electron chi connectivity index (χ3n) is 3.43. The van der Waals surface area contributed by atoms with Crippen LogP contribution in [0.3, 0.4) is 0 Å². The molecule has 1 saturated heterocycles. The van der Waals surface area contributed by atoms with Gasteiger partial charge in [-0.25, -0.2) is 9.97 Å². The van der Waals surface area contributed by atoms with E-state index in [4.69, 9.17) is 0 Å². The second kappa shape index (κ2) is 6.23. The van der Waals surface area contributed by atoms with Gasteiger partial charge in [-0.15, -0.1) is 0 Å². The van der Waals surface area contributed by atoms with Gasteiger partial charge in [0.15, 0.2) is 0 Å². The molecule has 0 spiro atoms. The third-order valence-corrected chi connectivity index (χ3v) is 3.96. The first-order valence-electron chi connectivity index (χ1n) is 6.77. The van der Waals surface area contributed by atoms with Gasteiger partial charge >= 0.3 is 0 Å². The summed E-state index contributed by atoms with van der Waals surface area (Å²) >= 11 is 3.36. The normalized spacial score (nSPS) is 17.6. The number of carbonyl (C=O) groups excluding carboxylic acids is 2. The molecule has 1 N–H and O–H groups in total. The second-order valence-electron chi connectivity index (χ2n) is 4.94. The van der Waals surface area contributed by atoms with Crippen LogP contribution in [0.2, 0.25) is 0 Å². The van der Waals surface area contributed by atoms with Gasteiger partial charge in [0.1, 0.15) is 0 Å². The van der Waals surface area contributed by atoms with Gasteiger partial charge in [-0.2, -0.15) is 0 Å². The standard InChI is InChI=1S/C15H13BrN4O2/c16-11-2-4-12(5-3-11)20-9-10(8-13(20)21)14(22)19-15-17-6-1-7-18-15/h1-7,10H,8-9H2,(H,17,18,19,22). The highest BCUT2D eigenvalue weighted by molar-refractivity contribution is 9.10. The van der Waals surface area contributed by atoms with Crippen LogP contribution < -0.4 is 10.2 Å². The SMILES string of the molecule is O=C(Nc1ncccn1)C1CC(=O)N(c2ccc(Br)cc2)C1. The lowest BCUT2D eigenvalue weighted by molar-refractivity contribution is -0.122. The van der Waals surface area contributed by atoms with Crippen molar-refractivity contribution in [1.82, 2.24) is 9.97 Å². The maximum atomic E-state index is 12.2. The number of amides is 2. The number of benzene rings is 1. The van der Waals surface area contributed by atoms with Gasteiger partial charge in [-0.05, 0) is 30.3 Å². The van der Waals surface area contributed by atoms with Crippen LogP contribution in [0.1, 0.15) is 6.42 Å². The van der Waals surface area contributed by atoms with E-state index in [2.05, 4.69) is 31.2 Å². The fourth-order valence-electron chi connectivity index (χ4n) is 2.33. The highest BCUT2D eigenvalue weighted by atomic mass is 79.9. The van der Waals surface area contributed by atoms with Crippen molar-refractivity contribution in [2.24, 2.45) is 5.92 Å². The number of aromatic nitrogens is 2. The highest BCUT2D eigenvalue weighted by Crippen LogP contribution is 2.26. The van der Waals surface area contributed by atoms with Crippen molar-refractivity contribution in [2.45, 2.75) is 6.42 Å². The maximum absolute atomic E-state index is 12.2. The minimum absolute atomic E-state index is 0.0588. The van der Waals surface area contributed by atoms with Crippen molar-refractivity contribution in [3.8, 4) is 0 Å². The fourth-order valence-corrected chi connectivity index (χ4v) is 2.59. The molecule has 1 aliphatic heterocycles. The lowest BCUT2D eigenvalue weighted by atomic mass is 10.1. The van der Waals surface area contributed by atoms with Crippen molar-refractivity contribution in [3.63, 3.8) is 0 Å². The molecule has 6 nitrogen and oxygen atoms in total. The van der Waals surface area contributed by atoms with Crippen molar-refractivity contribution in [3.05, 3.63) is 47.2 Å². The number of halogens is 1. The van der Waals surface area contributed by atoms with Crippen LogP contribution in [0.5, 0.6) is 0 Å². The Hall–Kier alpha value is -2.28. The lowest BCUT2D eigenvalue weighted by Crippen LogP contribution is -2.28. The summed E-state index contributed by atoms with van der Waals surface area (Å²) in [5.41, 5.74) is 0.791. The Kier molecular flexibility index (Phi) is 4.15. The largest absolute Gasteiger partial charge is 0.312 e. The second-order valence-corrected chi connectivity index (χ2v) is 5.86. The van der Waals surface area contributed by atoms with Gasteiger partial charge in [0.25, 0.3) is 0 Å². The molecule has 1 aliphatic rings. The van der Waals surface area contributed by atoms with Crippen LogP contribution in [0.15, 0.2) is 47.2 Å². The Morgan fingerprint density at radius 3 is 2.59 bits per heavy atom. The molecule has 1 atom stereocenters. The van der Waals surface area contributed by atoms with Gasteiger partial charge in [0.2, 0.25) is 17.8 Å². The van der Waals surface area contributed by atoms with Crippen molar-refractivity contribution < 1.29 is 9.59 Å². The molecule has 2 aromatic rings. The molecule has 3 rings (SSSR count). The Labute approximate surface area is 135 Å². The topological polar surface area (TPSA) is 75.2 Å². The van der Waals surface area contributed by atoms with E-state index in [1.165, 1.54) is 0 Å². The highest BCUT2D eigenvalue weighted by Gasteiger charge is 2.35. The Morgan fingerprint density at radius 1 is 1.23 bits per heavy atom. The third kappa shape index (κ3) is 3.14. The average Bonchev–Trinajstić information content (AvgIpc) is 2.91. The van der Waals surface area contributed by atoms with Crippen LogP contribution in [-0.4, -0.2) is 28.3 Å². The van der Waals surface area contributed by atoms with E-state index in [9.17, 15) is 9.59 Å². The molecule has 0 bridgehead atoms. The minimum atomic E-state index is -0.403. The van der Waals surface area contributed by atoms with E-state index < -0.39 is 5.92 Å². The number of hydrogen-bond acceptors (Lipinski definition) is 4. The van der Waals surface area contributed by atoms with Crippen LogP contribution in [-0.2, 0) is 9.59 Å². The molecule has 1 unspecified atom stereocenters. The number of anilines is 2. The van der Waals surface area contributed by atoms with E-state index in [1.54, 1.807) is 23.4 Å². The molecular formula is C15H13BrN4O2. The maximum Gasteiger partial charge on any atom is 0.232 e. The van der Waals surface area contributed by atoms with Gasteiger partial charge in [-0.3, -0.25) is 14.9 Å². The van der Waals surface area contributed by atoms with Crippen LogP contribution in [0.25, 0.3) is 0 Å². The fraction of sp³-hybridized carbons (Fsp3) is 0.200. The molecule has 0 aliphatic carbocycles. The molecule has 7 heteroatoms. The monoisotopic (exact) mass is 360 g/mol. The first kappa shape index (κ1) is 14.6. The van der Waals surface area contributed by atoms with Gasteiger partial charge < -0.3 is 4.90 Å². The summed E-state index contributed by atoms with van der Waals surface area (Å²) in [5, 5.41) is 2.64. The zero-order valence-corrected chi connectivity index (χ0v) is 13.2. The quantitative estimate of drug-likeness (QED) is 0.910. The first-order valence-corrected chi connectivity index (χ1v) is 7.56. The summed E-state index contributed by atoms with van der Waals surface area (Å²) in [6.45, 7) is 0.360. The average molecular weight is 361 g/mol. The number of nitrogens with zero attached hydrogens (tertiary/aromatic N) is 3. The number of carbonyl (C=O) groups is 2. The molecule has 0 saturated carbocycles. The molecule has 2 heterocycles. The molecular weight excluding hydrogens is 348 g/mol. The molecule has 112 valence electrons. The molecule has 2 amide bonds. The van der Waals surface area contributed by atoms with Crippen molar-refractivity contribution in [2.75, 3.05) is 16.8 Å². The van der Waals surface area contributed by atoms with Crippen LogP contribution in [0, 0.1) is 5.92 Å². The lowest BCUT2D eigenvalue weighted by Gasteiger charge is -2.16. The summed E-state index contributed by atoms with van der Waals surface area (Å²) in [6, 6.07) is 9.11. The first-order chi connectivity index (χ1) is 10.6. The van der Waals surface area contributed by atoms with E-state index in [0.29, 0.717) is 6.54 Å². The number of rotatable bonds is 3. The summed E-state index contributed by atoms with van der Waals surface area (Å²) in [6.07, 6.45) is 3.29. The zero-order valence-electron chi connectivity index (χ0n) is 11.6.